The van der Waals surface area contributed by atoms with Crippen LogP contribution in [0.25, 0.3) is 0 Å². The van der Waals surface area contributed by atoms with Crippen molar-refractivity contribution < 1.29 is 78.9 Å². The molecule has 0 aromatic heterocycles. The van der Waals surface area contributed by atoms with Crippen LogP contribution in [0.4, 0.5) is 0 Å². The van der Waals surface area contributed by atoms with Gasteiger partial charge in [0.05, 0.1) is 44.1 Å². The molecule has 0 spiro atoms. The first-order chi connectivity index (χ1) is 18.1. The lowest BCUT2D eigenvalue weighted by Crippen LogP contribution is -2.72. The Morgan fingerprint density at radius 2 is 1.23 bits per heavy atom. The van der Waals surface area contributed by atoms with Gasteiger partial charge in [0.25, 0.3) is 0 Å². The minimum Gasteiger partial charge on any atom is -0.394 e. The van der Waals surface area contributed by atoms with Crippen LogP contribution >= 0.6 is 7.60 Å². The summed E-state index contributed by atoms with van der Waals surface area (Å²) in [5.41, 5.74) is 15.2. The fraction of sp³-hybridized carbons (Fsp3) is 1.00. The largest absolute Gasteiger partial charge is 0.394 e. The van der Waals surface area contributed by atoms with Gasteiger partial charge in [0, 0.05) is 0 Å². The predicted molar refractivity (Wildman–Crippen MR) is 123 cm³/mol. The van der Waals surface area contributed by atoms with Crippen LogP contribution in [0.3, 0.4) is 0 Å². The lowest BCUT2D eigenvalue weighted by atomic mass is 9.87. The Kier molecular flexibility index (Phi) is 10.8. The van der Waals surface area contributed by atoms with Crippen molar-refractivity contribution in [3.8, 4) is 0 Å². The molecular weight excluding hydrogens is 557 g/mol. The van der Waals surface area contributed by atoms with E-state index in [-0.39, 0.29) is 0 Å². The van der Waals surface area contributed by atoms with Crippen LogP contribution in [-0.2, 0) is 28.2 Å². The molecule has 3 fully saturated rings. The molecule has 0 saturated carbocycles. The van der Waals surface area contributed by atoms with E-state index < -0.39 is 125 Å². The van der Waals surface area contributed by atoms with Gasteiger partial charge in [-0.1, -0.05) is 0 Å². The minimum absolute atomic E-state index is 0.711. The molecule has 3 saturated heterocycles. The molecule has 16 N–H and O–H groups in total. The number of aliphatic hydroxyl groups excluding tert-OH is 8. The summed E-state index contributed by atoms with van der Waals surface area (Å²) in [4.78, 5) is 18.8. The first kappa shape index (κ1) is 33.0. The van der Waals surface area contributed by atoms with E-state index >= 15 is 0 Å². The van der Waals surface area contributed by atoms with Crippen molar-refractivity contribution in [3.63, 3.8) is 0 Å². The van der Waals surface area contributed by atoms with E-state index in [9.17, 15) is 55.2 Å². The average Bonchev–Trinajstić information content (AvgIpc) is 2.88. The second-order valence-corrected chi connectivity index (χ2v) is 11.5. The van der Waals surface area contributed by atoms with Gasteiger partial charge in [-0.05, 0) is 0 Å². The third-order valence-electron chi connectivity index (χ3n) is 7.07. The van der Waals surface area contributed by atoms with Crippen LogP contribution in [0, 0.1) is 0 Å². The standard InChI is InChI=1S/C19H38N3O16P/c20-7-10(26)13(5(1-23)34-16(7)30)36-17-8(21)11(27)14(6(2-24)35-17)37-18-9(22)12(28)15(29)19(3-25,38-18)4-39(31,32)33/h5-18,23-30H,1-4,20-22H2,(H2,31,32,33)/t5-,6-,7-,8-,9-,10-,11-,12-,13?,14?,15+,16-,17+,18+,19+/m1/s1. The quantitative estimate of drug-likeness (QED) is 0.110. The molecule has 0 radical (unpaired) electrons. The summed E-state index contributed by atoms with van der Waals surface area (Å²) in [6, 6.07) is -4.37. The number of hydrogen-bond donors (Lipinski definition) is 13. The minimum atomic E-state index is -4.93. The van der Waals surface area contributed by atoms with E-state index in [1.807, 2.05) is 0 Å². The fourth-order valence-corrected chi connectivity index (χ4v) is 5.86. The third kappa shape index (κ3) is 6.78. The second-order valence-electron chi connectivity index (χ2n) is 9.86. The van der Waals surface area contributed by atoms with Crippen molar-refractivity contribution in [2.45, 2.75) is 91.4 Å². The topological polar surface area (TPSA) is 344 Å². The maximum absolute atomic E-state index is 11.6. The van der Waals surface area contributed by atoms with Gasteiger partial charge in [0.2, 0.25) is 0 Å². The van der Waals surface area contributed by atoms with Crippen molar-refractivity contribution in [2.75, 3.05) is 26.0 Å². The van der Waals surface area contributed by atoms with Crippen LogP contribution in [-0.4, -0.2) is 168 Å². The van der Waals surface area contributed by atoms with E-state index in [2.05, 4.69) is 0 Å². The predicted octanol–water partition coefficient (Wildman–Crippen LogP) is -8.13. The summed E-state index contributed by atoms with van der Waals surface area (Å²) < 4.78 is 39.1. The van der Waals surface area contributed by atoms with E-state index in [0.29, 0.717) is 0 Å². The molecule has 15 atom stereocenters. The van der Waals surface area contributed by atoms with Crippen LogP contribution < -0.4 is 17.2 Å². The van der Waals surface area contributed by atoms with E-state index in [0.717, 1.165) is 0 Å². The number of nitrogens with two attached hydrogens (primary N) is 3. The molecular formula is C19H38N3O16P. The average molecular weight is 595 g/mol. The summed E-state index contributed by atoms with van der Waals surface area (Å²) in [5, 5.41) is 81.2. The third-order valence-corrected chi connectivity index (χ3v) is 8.01. The lowest BCUT2D eigenvalue weighted by molar-refractivity contribution is -0.358. The van der Waals surface area contributed by atoms with Crippen molar-refractivity contribution in [1.29, 1.82) is 0 Å². The van der Waals surface area contributed by atoms with Crippen LogP contribution in [0.2, 0.25) is 0 Å². The van der Waals surface area contributed by atoms with Gasteiger partial charge in [0.1, 0.15) is 54.4 Å². The lowest BCUT2D eigenvalue weighted by Gasteiger charge is -2.51. The molecule has 0 aromatic carbocycles. The molecule has 2 unspecified atom stereocenters. The van der Waals surface area contributed by atoms with Crippen LogP contribution in [0.1, 0.15) is 0 Å². The highest BCUT2D eigenvalue weighted by molar-refractivity contribution is 7.51. The zero-order chi connectivity index (χ0) is 29.4. The Bertz CT molecular complexity index is 854. The summed E-state index contributed by atoms with van der Waals surface area (Å²) in [7, 11) is -4.93. The Morgan fingerprint density at radius 1 is 0.744 bits per heavy atom. The smallest absolute Gasteiger partial charge is 0.328 e. The zero-order valence-electron chi connectivity index (χ0n) is 20.5. The molecule has 0 aromatic rings. The zero-order valence-corrected chi connectivity index (χ0v) is 21.4. The normalized spacial score (nSPS) is 49.7. The highest BCUT2D eigenvalue weighted by Crippen LogP contribution is 2.44. The van der Waals surface area contributed by atoms with Crippen molar-refractivity contribution in [2.24, 2.45) is 17.2 Å². The molecule has 0 bridgehead atoms. The Hall–Kier alpha value is -0.490. The molecule has 3 aliphatic heterocycles. The number of hydrogen-bond acceptors (Lipinski definition) is 17. The molecule has 3 aliphatic rings. The Balaban J connectivity index is 1.79. The number of ether oxygens (including phenoxy) is 5. The van der Waals surface area contributed by atoms with Crippen molar-refractivity contribution in [3.05, 3.63) is 0 Å². The monoisotopic (exact) mass is 595 g/mol. The van der Waals surface area contributed by atoms with Crippen molar-refractivity contribution >= 4 is 7.60 Å². The molecule has 230 valence electrons. The van der Waals surface area contributed by atoms with Gasteiger partial charge in [-0.3, -0.25) is 4.57 Å². The van der Waals surface area contributed by atoms with Gasteiger partial charge in [-0.2, -0.15) is 0 Å². The summed E-state index contributed by atoms with van der Waals surface area (Å²) >= 11 is 0. The van der Waals surface area contributed by atoms with Gasteiger partial charge >= 0.3 is 7.60 Å². The molecule has 20 heteroatoms. The molecule has 19 nitrogen and oxygen atoms in total. The molecule has 0 amide bonds. The summed E-state index contributed by atoms with van der Waals surface area (Å²) in [6.45, 7) is -2.71. The fourth-order valence-electron chi connectivity index (χ4n) is 4.80. The van der Waals surface area contributed by atoms with Gasteiger partial charge in [-0.15, -0.1) is 0 Å². The van der Waals surface area contributed by atoms with Crippen LogP contribution in [0.15, 0.2) is 0 Å². The maximum Gasteiger partial charge on any atom is 0.328 e. The Morgan fingerprint density at radius 3 is 1.74 bits per heavy atom. The van der Waals surface area contributed by atoms with Crippen molar-refractivity contribution in [1.82, 2.24) is 0 Å². The Labute approximate surface area is 221 Å². The van der Waals surface area contributed by atoms with E-state index in [4.69, 9.17) is 40.9 Å². The highest BCUT2D eigenvalue weighted by Gasteiger charge is 2.57. The number of rotatable bonds is 9. The molecule has 39 heavy (non-hydrogen) atoms. The summed E-state index contributed by atoms with van der Waals surface area (Å²) in [6.07, 6.45) is -19.1. The van der Waals surface area contributed by atoms with Crippen LogP contribution in [0.5, 0.6) is 0 Å². The van der Waals surface area contributed by atoms with Gasteiger partial charge < -0.3 is 91.5 Å². The van der Waals surface area contributed by atoms with E-state index in [1.165, 1.54) is 0 Å². The molecule has 3 heterocycles. The second kappa shape index (κ2) is 12.8. The first-order valence-electron chi connectivity index (χ1n) is 11.9. The number of aliphatic hydroxyl groups is 8. The molecule has 3 rings (SSSR count). The maximum atomic E-state index is 11.6. The van der Waals surface area contributed by atoms with E-state index in [1.54, 1.807) is 0 Å². The summed E-state index contributed by atoms with van der Waals surface area (Å²) in [5.74, 6) is 0. The van der Waals surface area contributed by atoms with Gasteiger partial charge in [-0.25, -0.2) is 0 Å². The molecule has 0 aliphatic carbocycles. The van der Waals surface area contributed by atoms with Gasteiger partial charge in [0.15, 0.2) is 18.9 Å². The SMILES string of the molecule is N[C@H]1[C@@H](OC2[C@@H](CO)O[C@@H](OC3[C@@H](CO)O[C@@H](O)[C@H](N)[C@H]3O)[C@H](N)[C@H]2O)O[C@@](CO)(CP(=O)(O)O)[C@@H](O)[C@@H]1O. The first-order valence-corrected chi connectivity index (χ1v) is 13.7. The highest BCUT2D eigenvalue weighted by atomic mass is 31.2.